The van der Waals surface area contributed by atoms with Crippen molar-refractivity contribution in [2.75, 3.05) is 0 Å². The van der Waals surface area contributed by atoms with Gasteiger partial charge in [-0.2, -0.15) is 0 Å². The first kappa shape index (κ1) is 14.1. The summed E-state index contributed by atoms with van der Waals surface area (Å²) in [5.41, 5.74) is 0. The molecular weight excluding hydrogens is 222 g/mol. The van der Waals surface area contributed by atoms with E-state index in [1.54, 1.807) is 6.92 Å². The normalized spacial score (nSPS) is 26.7. The van der Waals surface area contributed by atoms with Crippen molar-refractivity contribution in [1.82, 2.24) is 4.90 Å². The van der Waals surface area contributed by atoms with Gasteiger partial charge in [0.15, 0.2) is 12.2 Å². The molecule has 2 N–H and O–H groups in total. The van der Waals surface area contributed by atoms with Crippen molar-refractivity contribution in [2.45, 2.75) is 64.2 Å². The molecule has 1 aliphatic heterocycles. The van der Waals surface area contributed by atoms with E-state index in [1.165, 1.54) is 0 Å². The lowest BCUT2D eigenvalue weighted by atomic mass is 10.1. The highest BCUT2D eigenvalue weighted by Crippen LogP contribution is 2.20. The van der Waals surface area contributed by atoms with E-state index in [4.69, 9.17) is 0 Å². The molecule has 1 rings (SSSR count). The molecule has 0 aromatic heterocycles. The predicted octanol–water partition coefficient (Wildman–Crippen LogP) is 0.436. The van der Waals surface area contributed by atoms with Crippen molar-refractivity contribution < 1.29 is 19.8 Å². The Morgan fingerprint density at radius 1 is 1.12 bits per heavy atom. The number of imide groups is 1. The number of carbonyl (C=O) groups excluding carboxylic acids is 2. The van der Waals surface area contributed by atoms with Crippen LogP contribution in [0.2, 0.25) is 0 Å². The highest BCUT2D eigenvalue weighted by Gasteiger charge is 2.47. The number of nitrogens with zero attached hydrogens (tertiary/aromatic N) is 1. The van der Waals surface area contributed by atoms with E-state index in [-0.39, 0.29) is 6.04 Å². The average Bonchev–Trinajstić information content (AvgIpc) is 2.49. The first-order valence-electron chi connectivity index (χ1n) is 6.23. The minimum Gasteiger partial charge on any atom is -0.380 e. The van der Waals surface area contributed by atoms with Crippen molar-refractivity contribution >= 4 is 11.8 Å². The summed E-state index contributed by atoms with van der Waals surface area (Å²) in [6, 6.07) is -0.251. The van der Waals surface area contributed by atoms with Crippen LogP contribution < -0.4 is 0 Å². The van der Waals surface area contributed by atoms with Gasteiger partial charge >= 0.3 is 0 Å². The molecule has 3 atom stereocenters. The van der Waals surface area contributed by atoms with E-state index >= 15 is 0 Å². The van der Waals surface area contributed by atoms with Crippen molar-refractivity contribution in [3.8, 4) is 0 Å². The van der Waals surface area contributed by atoms with Gasteiger partial charge in [-0.1, -0.05) is 32.6 Å². The van der Waals surface area contributed by atoms with Crippen LogP contribution in [-0.4, -0.2) is 45.2 Å². The van der Waals surface area contributed by atoms with Gasteiger partial charge in [0.25, 0.3) is 11.8 Å². The number of aliphatic hydroxyl groups excluding tert-OH is 2. The lowest BCUT2D eigenvalue weighted by Gasteiger charge is -2.22. The third-order valence-corrected chi connectivity index (χ3v) is 3.20. The summed E-state index contributed by atoms with van der Waals surface area (Å²) in [5.74, 6) is -1.35. The molecule has 5 heteroatoms. The standard InChI is InChI=1S/C12H21NO4/c1-3-4-5-6-7-8(2)13-11(16)9(14)10(15)12(13)17/h8-10,14-15H,3-7H2,1-2H3/t8?,9-,10-/m1/s1. The van der Waals surface area contributed by atoms with Gasteiger partial charge in [-0.3, -0.25) is 14.5 Å². The number of aliphatic hydroxyl groups is 2. The lowest BCUT2D eigenvalue weighted by Crippen LogP contribution is -2.39. The molecular formula is C12H21NO4. The molecule has 1 unspecified atom stereocenters. The summed E-state index contributed by atoms with van der Waals surface area (Å²) >= 11 is 0. The van der Waals surface area contributed by atoms with Crippen LogP contribution in [0.5, 0.6) is 0 Å². The molecule has 1 saturated heterocycles. The Bertz CT molecular complexity index is 272. The van der Waals surface area contributed by atoms with Gasteiger partial charge in [-0.05, 0) is 13.3 Å². The fraction of sp³-hybridized carbons (Fsp3) is 0.833. The van der Waals surface area contributed by atoms with Crippen LogP contribution in [-0.2, 0) is 9.59 Å². The van der Waals surface area contributed by atoms with Crippen LogP contribution in [0.3, 0.4) is 0 Å². The average molecular weight is 243 g/mol. The molecule has 0 aliphatic carbocycles. The first-order valence-corrected chi connectivity index (χ1v) is 6.23. The Morgan fingerprint density at radius 2 is 1.65 bits per heavy atom. The Hall–Kier alpha value is -0.940. The van der Waals surface area contributed by atoms with Crippen molar-refractivity contribution in [3.05, 3.63) is 0 Å². The zero-order valence-corrected chi connectivity index (χ0v) is 10.4. The number of carbonyl (C=O) groups is 2. The Labute approximate surface area is 101 Å². The van der Waals surface area contributed by atoms with E-state index in [9.17, 15) is 19.8 Å². The summed E-state index contributed by atoms with van der Waals surface area (Å²) in [4.78, 5) is 24.1. The molecule has 0 radical (unpaired) electrons. The van der Waals surface area contributed by atoms with Crippen molar-refractivity contribution in [1.29, 1.82) is 0 Å². The minimum atomic E-state index is -1.58. The smallest absolute Gasteiger partial charge is 0.261 e. The number of unbranched alkanes of at least 4 members (excludes halogenated alkanes) is 3. The van der Waals surface area contributed by atoms with E-state index < -0.39 is 24.0 Å². The number of hydrogen-bond acceptors (Lipinski definition) is 4. The van der Waals surface area contributed by atoms with E-state index in [0.717, 1.165) is 37.0 Å². The molecule has 5 nitrogen and oxygen atoms in total. The molecule has 0 bridgehead atoms. The highest BCUT2D eigenvalue weighted by atomic mass is 16.4. The van der Waals surface area contributed by atoms with Crippen LogP contribution in [0.1, 0.15) is 46.0 Å². The number of likely N-dealkylation sites (tertiary alicyclic amines) is 1. The number of amides is 2. The van der Waals surface area contributed by atoms with Crippen LogP contribution in [0.4, 0.5) is 0 Å². The predicted molar refractivity (Wildman–Crippen MR) is 62.1 cm³/mol. The lowest BCUT2D eigenvalue weighted by molar-refractivity contribution is -0.143. The Morgan fingerprint density at radius 3 is 2.12 bits per heavy atom. The molecule has 1 aliphatic rings. The minimum absolute atomic E-state index is 0.251. The highest BCUT2D eigenvalue weighted by molar-refractivity contribution is 6.07. The zero-order valence-electron chi connectivity index (χ0n) is 10.4. The van der Waals surface area contributed by atoms with Gasteiger partial charge in [0.2, 0.25) is 0 Å². The van der Waals surface area contributed by atoms with Crippen LogP contribution in [0.15, 0.2) is 0 Å². The summed E-state index contributed by atoms with van der Waals surface area (Å²) in [6.07, 6.45) is 1.84. The maximum Gasteiger partial charge on any atom is 0.261 e. The second-order valence-corrected chi connectivity index (χ2v) is 4.63. The monoisotopic (exact) mass is 243 g/mol. The first-order chi connectivity index (χ1) is 8.00. The second kappa shape index (κ2) is 6.12. The maximum atomic E-state index is 11.6. The van der Waals surface area contributed by atoms with Gasteiger partial charge in [-0.25, -0.2) is 0 Å². The zero-order chi connectivity index (χ0) is 13.0. The molecule has 1 heterocycles. The molecule has 98 valence electrons. The van der Waals surface area contributed by atoms with Crippen molar-refractivity contribution in [3.63, 3.8) is 0 Å². The third-order valence-electron chi connectivity index (χ3n) is 3.20. The second-order valence-electron chi connectivity index (χ2n) is 4.63. The van der Waals surface area contributed by atoms with Gasteiger partial charge in [0.05, 0.1) is 0 Å². The quantitative estimate of drug-likeness (QED) is 0.524. The molecule has 2 amide bonds. The number of hydrogen-bond donors (Lipinski definition) is 2. The van der Waals surface area contributed by atoms with Crippen LogP contribution >= 0.6 is 0 Å². The van der Waals surface area contributed by atoms with Gasteiger partial charge in [-0.15, -0.1) is 0 Å². The Balaban J connectivity index is 2.49. The van der Waals surface area contributed by atoms with Gasteiger partial charge < -0.3 is 10.2 Å². The van der Waals surface area contributed by atoms with Gasteiger partial charge in [0, 0.05) is 6.04 Å². The van der Waals surface area contributed by atoms with Crippen LogP contribution in [0.25, 0.3) is 0 Å². The summed E-state index contributed by atoms with van der Waals surface area (Å²) in [7, 11) is 0. The summed E-state index contributed by atoms with van der Waals surface area (Å²) in [6.45, 7) is 3.89. The maximum absolute atomic E-state index is 11.6. The Kier molecular flexibility index (Phi) is 5.08. The summed E-state index contributed by atoms with van der Waals surface area (Å²) < 4.78 is 0. The van der Waals surface area contributed by atoms with E-state index in [2.05, 4.69) is 6.92 Å². The van der Waals surface area contributed by atoms with E-state index in [0.29, 0.717) is 0 Å². The number of rotatable bonds is 6. The summed E-state index contributed by atoms with van der Waals surface area (Å²) in [5, 5.41) is 18.6. The largest absolute Gasteiger partial charge is 0.380 e. The van der Waals surface area contributed by atoms with Gasteiger partial charge in [0.1, 0.15) is 0 Å². The fourth-order valence-corrected chi connectivity index (χ4v) is 2.09. The molecule has 0 aromatic rings. The van der Waals surface area contributed by atoms with Crippen LogP contribution in [0, 0.1) is 0 Å². The molecule has 0 spiro atoms. The fourth-order valence-electron chi connectivity index (χ4n) is 2.09. The third kappa shape index (κ3) is 3.04. The van der Waals surface area contributed by atoms with Crippen molar-refractivity contribution in [2.24, 2.45) is 0 Å². The van der Waals surface area contributed by atoms with E-state index in [1.807, 2.05) is 0 Å². The molecule has 1 fully saturated rings. The molecule has 0 aromatic carbocycles. The SMILES string of the molecule is CCCCCCC(C)N1C(=O)[C@H](O)[C@@H](O)C1=O. The molecule has 17 heavy (non-hydrogen) atoms. The molecule has 0 saturated carbocycles. The topological polar surface area (TPSA) is 77.8 Å².